The molecule has 1 heterocycles. The Balaban J connectivity index is 1.76. The van der Waals surface area contributed by atoms with Gasteiger partial charge in [-0.15, -0.1) is 0 Å². The molecule has 3 nitrogen and oxygen atoms in total. The number of aromatic nitrogens is 2. The average Bonchev–Trinajstić information content (AvgIpc) is 3.11. The normalized spacial score (nSPS) is 13.1. The van der Waals surface area contributed by atoms with Crippen molar-refractivity contribution in [3.8, 4) is 11.4 Å². The lowest BCUT2D eigenvalue weighted by molar-refractivity contribution is -0.137. The first-order chi connectivity index (χ1) is 12.7. The zero-order chi connectivity index (χ0) is 19.6. The predicted octanol–water partition coefficient (Wildman–Crippen LogP) is 6.11. The topological polar surface area (TPSA) is 38.9 Å². The predicted molar refractivity (Wildman–Crippen MR) is 97.2 cm³/mol. The zero-order valence-electron chi connectivity index (χ0n) is 15.4. The molecule has 0 radical (unpaired) electrons. The third-order valence-electron chi connectivity index (χ3n) is 4.41. The summed E-state index contributed by atoms with van der Waals surface area (Å²) in [5.41, 5.74) is 2.10. The summed E-state index contributed by atoms with van der Waals surface area (Å²) in [7, 11) is 0. The number of alkyl halides is 3. The van der Waals surface area contributed by atoms with Crippen molar-refractivity contribution in [1.82, 2.24) is 10.1 Å². The Morgan fingerprint density at radius 1 is 0.926 bits per heavy atom. The van der Waals surface area contributed by atoms with Gasteiger partial charge < -0.3 is 4.52 Å². The van der Waals surface area contributed by atoms with Crippen molar-refractivity contribution >= 4 is 0 Å². The number of hydrogen-bond donors (Lipinski definition) is 0. The maximum Gasteiger partial charge on any atom is 0.416 e. The molecule has 142 valence electrons. The van der Waals surface area contributed by atoms with Gasteiger partial charge in [-0.2, -0.15) is 18.2 Å². The van der Waals surface area contributed by atoms with Crippen molar-refractivity contribution < 1.29 is 17.7 Å². The summed E-state index contributed by atoms with van der Waals surface area (Å²) in [5, 5.41) is 3.91. The summed E-state index contributed by atoms with van der Waals surface area (Å²) >= 11 is 0. The van der Waals surface area contributed by atoms with Crippen LogP contribution in [0.3, 0.4) is 0 Å². The van der Waals surface area contributed by atoms with Gasteiger partial charge in [0.2, 0.25) is 11.7 Å². The van der Waals surface area contributed by atoms with E-state index < -0.39 is 11.7 Å². The van der Waals surface area contributed by atoms with Crippen molar-refractivity contribution in [3.63, 3.8) is 0 Å². The fourth-order valence-corrected chi connectivity index (χ4v) is 2.89. The molecule has 0 aliphatic carbocycles. The lowest BCUT2D eigenvalue weighted by atomic mass is 9.97. The molecule has 0 aliphatic heterocycles. The van der Waals surface area contributed by atoms with Gasteiger partial charge >= 0.3 is 6.18 Å². The van der Waals surface area contributed by atoms with E-state index in [-0.39, 0.29) is 11.7 Å². The summed E-state index contributed by atoms with van der Waals surface area (Å²) < 4.78 is 43.3. The summed E-state index contributed by atoms with van der Waals surface area (Å²) in [6, 6.07) is 13.0. The Kier molecular flexibility index (Phi) is 5.35. The van der Waals surface area contributed by atoms with Gasteiger partial charge in [-0.25, -0.2) is 0 Å². The Morgan fingerprint density at radius 3 is 2.11 bits per heavy atom. The van der Waals surface area contributed by atoms with Gasteiger partial charge in [0, 0.05) is 5.56 Å². The van der Waals surface area contributed by atoms with E-state index in [1.54, 1.807) is 0 Å². The van der Waals surface area contributed by atoms with Crippen LogP contribution < -0.4 is 0 Å². The van der Waals surface area contributed by atoms with Crippen molar-refractivity contribution in [2.75, 3.05) is 0 Å². The summed E-state index contributed by atoms with van der Waals surface area (Å²) in [4.78, 5) is 4.36. The van der Waals surface area contributed by atoms with Crippen molar-refractivity contribution in [3.05, 3.63) is 71.1 Å². The van der Waals surface area contributed by atoms with E-state index in [1.807, 2.05) is 19.1 Å². The molecule has 1 atom stereocenters. The van der Waals surface area contributed by atoms with Crippen LogP contribution in [0.5, 0.6) is 0 Å². The molecule has 0 aliphatic rings. The third kappa shape index (κ3) is 4.56. The number of rotatable bonds is 5. The minimum Gasteiger partial charge on any atom is -0.338 e. The molecule has 0 bridgehead atoms. The molecule has 0 fully saturated rings. The molecule has 6 heteroatoms. The van der Waals surface area contributed by atoms with Gasteiger partial charge in [-0.3, -0.25) is 0 Å². The highest BCUT2D eigenvalue weighted by atomic mass is 19.4. The number of halogens is 3. The zero-order valence-corrected chi connectivity index (χ0v) is 15.4. The second kappa shape index (κ2) is 7.55. The second-order valence-electron chi connectivity index (χ2n) is 7.09. The van der Waals surface area contributed by atoms with E-state index in [4.69, 9.17) is 4.52 Å². The molecule has 3 rings (SSSR count). The maximum absolute atomic E-state index is 12.7. The highest BCUT2D eigenvalue weighted by Gasteiger charge is 2.30. The molecule has 0 saturated heterocycles. The molecule has 0 saturated carbocycles. The maximum atomic E-state index is 12.7. The van der Waals surface area contributed by atoms with Gasteiger partial charge in [0.15, 0.2) is 0 Å². The highest BCUT2D eigenvalue weighted by Crippen LogP contribution is 2.31. The van der Waals surface area contributed by atoms with E-state index in [2.05, 4.69) is 36.1 Å². The van der Waals surface area contributed by atoms with Crippen LogP contribution in [0.1, 0.15) is 49.3 Å². The van der Waals surface area contributed by atoms with E-state index in [0.29, 0.717) is 17.4 Å². The van der Waals surface area contributed by atoms with Crippen LogP contribution in [-0.2, 0) is 12.6 Å². The summed E-state index contributed by atoms with van der Waals surface area (Å²) in [6.45, 7) is 6.32. The Bertz CT molecular complexity index is 881. The van der Waals surface area contributed by atoms with E-state index >= 15 is 0 Å². The molecule has 0 spiro atoms. The summed E-state index contributed by atoms with van der Waals surface area (Å²) in [5.74, 6) is 1.20. The van der Waals surface area contributed by atoms with Crippen molar-refractivity contribution in [2.24, 2.45) is 5.92 Å². The molecule has 0 N–H and O–H groups in total. The van der Waals surface area contributed by atoms with Crippen LogP contribution in [0.4, 0.5) is 13.2 Å². The van der Waals surface area contributed by atoms with Crippen LogP contribution in [-0.4, -0.2) is 10.1 Å². The smallest absolute Gasteiger partial charge is 0.338 e. The van der Waals surface area contributed by atoms with Crippen LogP contribution >= 0.6 is 0 Å². The molecule has 2 aromatic carbocycles. The number of hydrogen-bond acceptors (Lipinski definition) is 3. The first-order valence-corrected chi connectivity index (χ1v) is 8.84. The van der Waals surface area contributed by atoms with Gasteiger partial charge in [-0.1, -0.05) is 55.4 Å². The molecule has 3 aromatic rings. The molecule has 0 unspecified atom stereocenters. The number of nitrogens with zero attached hydrogens (tertiary/aromatic N) is 2. The molecule has 0 amide bonds. The molecular weight excluding hydrogens is 353 g/mol. The first-order valence-electron chi connectivity index (χ1n) is 8.84. The Labute approximate surface area is 156 Å². The SMILES string of the molecule is CC(C)Cc1ccc([C@H](C)c2nc(-c3ccc(C(F)(F)F)cc3)no2)cc1. The number of benzene rings is 2. The second-order valence-corrected chi connectivity index (χ2v) is 7.09. The highest BCUT2D eigenvalue weighted by molar-refractivity contribution is 5.55. The van der Waals surface area contributed by atoms with Gasteiger partial charge in [0.25, 0.3) is 0 Å². The third-order valence-corrected chi connectivity index (χ3v) is 4.41. The lowest BCUT2D eigenvalue weighted by Gasteiger charge is -2.09. The van der Waals surface area contributed by atoms with E-state index in [1.165, 1.54) is 17.7 Å². The quantitative estimate of drug-likeness (QED) is 0.541. The fourth-order valence-electron chi connectivity index (χ4n) is 2.89. The average molecular weight is 374 g/mol. The molecule has 27 heavy (non-hydrogen) atoms. The van der Waals surface area contributed by atoms with Crippen LogP contribution in [0.25, 0.3) is 11.4 Å². The molecular formula is C21H21F3N2O. The van der Waals surface area contributed by atoms with Crippen molar-refractivity contribution in [1.29, 1.82) is 0 Å². The van der Waals surface area contributed by atoms with E-state index in [9.17, 15) is 13.2 Å². The van der Waals surface area contributed by atoms with E-state index in [0.717, 1.165) is 24.1 Å². The van der Waals surface area contributed by atoms with Crippen LogP contribution in [0, 0.1) is 5.92 Å². The first kappa shape index (κ1) is 19.1. The van der Waals surface area contributed by atoms with Gasteiger partial charge in [-0.05, 0) is 42.5 Å². The Hall–Kier alpha value is -2.63. The van der Waals surface area contributed by atoms with Crippen LogP contribution in [0.2, 0.25) is 0 Å². The largest absolute Gasteiger partial charge is 0.416 e. The monoisotopic (exact) mass is 374 g/mol. The van der Waals surface area contributed by atoms with Crippen LogP contribution in [0.15, 0.2) is 53.1 Å². The van der Waals surface area contributed by atoms with Gasteiger partial charge in [0.05, 0.1) is 11.5 Å². The summed E-state index contributed by atoms with van der Waals surface area (Å²) in [6.07, 6.45) is -3.34. The van der Waals surface area contributed by atoms with Gasteiger partial charge in [0.1, 0.15) is 0 Å². The standard InChI is InChI=1S/C21H21F3N2O/c1-13(2)12-15-4-6-16(7-5-15)14(3)20-25-19(26-27-20)17-8-10-18(11-9-17)21(22,23)24/h4-11,13-14H,12H2,1-3H3/t14-/m0/s1. The van der Waals surface area contributed by atoms with Crippen molar-refractivity contribution in [2.45, 2.75) is 39.3 Å². The minimum atomic E-state index is -4.36. The Morgan fingerprint density at radius 2 is 1.56 bits per heavy atom. The lowest BCUT2D eigenvalue weighted by Crippen LogP contribution is -2.04. The fraction of sp³-hybridized carbons (Fsp3) is 0.333. The molecule has 1 aromatic heterocycles. The minimum absolute atomic E-state index is 0.103.